The van der Waals surface area contributed by atoms with Crippen molar-refractivity contribution in [3.05, 3.63) is 97.7 Å². The van der Waals surface area contributed by atoms with E-state index in [4.69, 9.17) is 14.0 Å². The molecular weight excluding hydrogens is 552 g/mol. The molecule has 3 aromatic heterocycles. The highest BCUT2D eigenvalue weighted by molar-refractivity contribution is 7.20. The Morgan fingerprint density at radius 2 is 1.86 bits per heavy atom. The van der Waals surface area contributed by atoms with Crippen LogP contribution in [0.5, 0.6) is 5.75 Å². The van der Waals surface area contributed by atoms with Gasteiger partial charge in [-0.3, -0.25) is 9.59 Å². The van der Waals surface area contributed by atoms with E-state index in [0.717, 1.165) is 45.0 Å². The van der Waals surface area contributed by atoms with Crippen molar-refractivity contribution in [3.63, 3.8) is 0 Å². The van der Waals surface area contributed by atoms with E-state index in [1.807, 2.05) is 45.0 Å². The van der Waals surface area contributed by atoms with Gasteiger partial charge in [0.05, 0.1) is 35.5 Å². The first kappa shape index (κ1) is 27.9. The van der Waals surface area contributed by atoms with Gasteiger partial charge >= 0.3 is 0 Å². The predicted octanol–water partition coefficient (Wildman–Crippen LogP) is 5.22. The summed E-state index contributed by atoms with van der Waals surface area (Å²) < 4.78 is 18.9. The Hall–Kier alpha value is -4.28. The molecule has 0 N–H and O–H groups in total. The Labute approximate surface area is 247 Å². The Bertz CT molecular complexity index is 1830. The Balaban J connectivity index is 1.33. The molecule has 0 unspecified atom stereocenters. The summed E-state index contributed by atoms with van der Waals surface area (Å²) in [7, 11) is 1.67. The molecule has 42 heavy (non-hydrogen) atoms. The second-order valence-electron chi connectivity index (χ2n) is 10.6. The number of hydrogen-bond donors (Lipinski definition) is 0. The fraction of sp³-hybridized carbons (Fsp3) is 0.312. The van der Waals surface area contributed by atoms with Gasteiger partial charge in [0, 0.05) is 32.1 Å². The summed E-state index contributed by atoms with van der Waals surface area (Å²) >= 11 is 1.26. The normalized spacial score (nSPS) is 14.3. The van der Waals surface area contributed by atoms with Gasteiger partial charge in [0.2, 0.25) is 0 Å². The standard InChI is InChI=1S/C32H32N4O5S/c1-19-27-30(33-18-35(4)31(27)37)42-29(19)32(38)36-10-11-39-12-13-40-26-9-8-24(28-20(2)34-41-21(28)3)16-25(26)15-22-6-5-7-23(14-22)17-36/h5-9,14,16,18H,10-13,15,17H2,1-4H3. The van der Waals surface area contributed by atoms with Gasteiger partial charge in [0.25, 0.3) is 11.5 Å². The van der Waals surface area contributed by atoms with Gasteiger partial charge in [0.15, 0.2) is 0 Å². The maximum atomic E-state index is 13.9. The molecule has 10 heteroatoms. The zero-order chi connectivity index (χ0) is 29.4. The van der Waals surface area contributed by atoms with Crippen molar-refractivity contribution < 1.29 is 18.8 Å². The van der Waals surface area contributed by atoms with E-state index in [1.54, 1.807) is 11.9 Å². The van der Waals surface area contributed by atoms with E-state index in [1.165, 1.54) is 22.2 Å². The first-order valence-electron chi connectivity index (χ1n) is 13.9. The molecule has 2 aromatic carbocycles. The van der Waals surface area contributed by atoms with Crippen molar-refractivity contribution in [1.82, 2.24) is 19.6 Å². The van der Waals surface area contributed by atoms with Gasteiger partial charge in [-0.1, -0.05) is 35.5 Å². The van der Waals surface area contributed by atoms with Crippen molar-refractivity contribution in [2.24, 2.45) is 7.05 Å². The first-order valence-corrected chi connectivity index (χ1v) is 14.7. The van der Waals surface area contributed by atoms with Crippen LogP contribution in [-0.4, -0.2) is 51.9 Å². The molecule has 5 aromatic rings. The van der Waals surface area contributed by atoms with Crippen molar-refractivity contribution in [3.8, 4) is 16.9 Å². The molecule has 1 amide bonds. The number of ether oxygens (including phenoxy) is 2. The molecule has 1 aliphatic rings. The monoisotopic (exact) mass is 584 g/mol. The van der Waals surface area contributed by atoms with Gasteiger partial charge in [-0.05, 0) is 60.7 Å². The maximum absolute atomic E-state index is 13.9. The van der Waals surface area contributed by atoms with Gasteiger partial charge < -0.3 is 23.5 Å². The molecule has 0 saturated heterocycles. The van der Waals surface area contributed by atoms with Crippen molar-refractivity contribution in [1.29, 1.82) is 0 Å². The molecule has 9 nitrogen and oxygen atoms in total. The van der Waals surface area contributed by atoms with Crippen LogP contribution in [-0.2, 0) is 24.8 Å². The van der Waals surface area contributed by atoms with Crippen molar-refractivity contribution in [2.75, 3.05) is 26.4 Å². The Kier molecular flexibility index (Phi) is 7.66. The van der Waals surface area contributed by atoms with Gasteiger partial charge in [-0.2, -0.15) is 0 Å². The SMILES string of the molecule is Cc1noc(C)c1-c1ccc2c(c1)Cc1cccc(c1)CN(C(=O)c1sc3ncn(C)c(=O)c3c1C)CCOCCO2. The minimum Gasteiger partial charge on any atom is -0.491 e. The summed E-state index contributed by atoms with van der Waals surface area (Å²) in [6, 6.07) is 14.5. The molecular formula is C32H32N4O5S. The topological polar surface area (TPSA) is 99.7 Å². The number of nitrogens with zero attached hydrogens (tertiary/aromatic N) is 4. The summed E-state index contributed by atoms with van der Waals surface area (Å²) in [6.07, 6.45) is 2.15. The molecule has 2 bridgehead atoms. The lowest BCUT2D eigenvalue weighted by atomic mass is 9.96. The third kappa shape index (κ3) is 5.35. The van der Waals surface area contributed by atoms with Crippen LogP contribution in [0.25, 0.3) is 21.3 Å². The molecule has 1 aliphatic heterocycles. The average molecular weight is 585 g/mol. The smallest absolute Gasteiger partial charge is 0.264 e. The van der Waals surface area contributed by atoms with Crippen LogP contribution in [0.2, 0.25) is 0 Å². The Morgan fingerprint density at radius 3 is 2.67 bits per heavy atom. The Morgan fingerprint density at radius 1 is 1.02 bits per heavy atom. The fourth-order valence-electron chi connectivity index (χ4n) is 5.48. The van der Waals surface area contributed by atoms with E-state index in [0.29, 0.717) is 60.0 Å². The molecule has 0 saturated carbocycles. The summed E-state index contributed by atoms with van der Waals surface area (Å²) in [5, 5.41) is 4.62. The second kappa shape index (κ2) is 11.5. The summed E-state index contributed by atoms with van der Waals surface area (Å²) in [6.45, 7) is 7.63. The van der Waals surface area contributed by atoms with Gasteiger partial charge in [-0.25, -0.2) is 4.98 Å². The van der Waals surface area contributed by atoms with E-state index >= 15 is 0 Å². The molecule has 0 radical (unpaired) electrons. The third-order valence-electron chi connectivity index (χ3n) is 7.62. The highest BCUT2D eigenvalue weighted by atomic mass is 32.1. The number of carbonyl (C=O) groups is 1. The largest absolute Gasteiger partial charge is 0.491 e. The van der Waals surface area contributed by atoms with Gasteiger partial charge in [0.1, 0.15) is 22.9 Å². The number of rotatable bonds is 2. The summed E-state index contributed by atoms with van der Waals surface area (Å²) in [4.78, 5) is 33.9. The molecule has 4 heterocycles. The molecule has 0 aliphatic carbocycles. The molecule has 6 rings (SSSR count). The minimum absolute atomic E-state index is 0.135. The number of carbonyl (C=O) groups excluding carboxylic acids is 1. The number of hydrogen-bond acceptors (Lipinski definition) is 8. The van der Waals surface area contributed by atoms with Crippen LogP contribution in [0, 0.1) is 20.8 Å². The lowest BCUT2D eigenvalue weighted by Gasteiger charge is -2.23. The summed E-state index contributed by atoms with van der Waals surface area (Å²) in [5.41, 5.74) is 6.55. The van der Waals surface area contributed by atoms with Crippen LogP contribution in [0.15, 0.2) is 58.1 Å². The number of thiophene rings is 1. The van der Waals surface area contributed by atoms with Crippen LogP contribution in [0.3, 0.4) is 0 Å². The zero-order valence-electron chi connectivity index (χ0n) is 24.1. The number of fused-ring (bicyclic) bond motifs is 4. The van der Waals surface area contributed by atoms with Crippen molar-refractivity contribution >= 4 is 27.5 Å². The highest BCUT2D eigenvalue weighted by Gasteiger charge is 2.24. The maximum Gasteiger partial charge on any atom is 0.264 e. The third-order valence-corrected chi connectivity index (χ3v) is 8.81. The number of amides is 1. The van der Waals surface area contributed by atoms with E-state index in [2.05, 4.69) is 28.3 Å². The lowest BCUT2D eigenvalue weighted by Crippen LogP contribution is -2.34. The highest BCUT2D eigenvalue weighted by Crippen LogP contribution is 2.33. The quantitative estimate of drug-likeness (QED) is 0.281. The number of benzene rings is 2. The lowest BCUT2D eigenvalue weighted by molar-refractivity contribution is 0.0574. The fourth-order valence-corrected chi connectivity index (χ4v) is 6.59. The van der Waals surface area contributed by atoms with Crippen molar-refractivity contribution in [2.45, 2.75) is 33.7 Å². The summed E-state index contributed by atoms with van der Waals surface area (Å²) in [5.74, 6) is 1.46. The molecule has 0 atom stereocenters. The van der Waals surface area contributed by atoms with Crippen LogP contribution in [0.4, 0.5) is 0 Å². The zero-order valence-corrected chi connectivity index (χ0v) is 24.9. The minimum atomic E-state index is -0.150. The molecule has 0 fully saturated rings. The predicted molar refractivity (Wildman–Crippen MR) is 161 cm³/mol. The number of aromatic nitrogens is 3. The second-order valence-corrected chi connectivity index (χ2v) is 11.6. The first-order chi connectivity index (χ1) is 20.3. The number of aryl methyl sites for hydroxylation is 4. The van der Waals surface area contributed by atoms with E-state index < -0.39 is 0 Å². The van der Waals surface area contributed by atoms with Gasteiger partial charge in [-0.15, -0.1) is 11.3 Å². The van der Waals surface area contributed by atoms with Crippen LogP contribution >= 0.6 is 11.3 Å². The average Bonchev–Trinajstić information content (AvgIpc) is 3.50. The molecule has 0 spiro atoms. The van der Waals surface area contributed by atoms with E-state index in [9.17, 15) is 9.59 Å². The van der Waals surface area contributed by atoms with Crippen LogP contribution < -0.4 is 10.3 Å². The molecule has 216 valence electrons. The van der Waals surface area contributed by atoms with Crippen LogP contribution in [0.1, 0.15) is 43.4 Å². The van der Waals surface area contributed by atoms with E-state index in [-0.39, 0.29) is 11.5 Å².